The SMILES string of the molecule is COc1cc(N)cc(NC(C)c2ccc(Cl)s2)c1. The minimum Gasteiger partial charge on any atom is -0.497 e. The molecule has 5 heteroatoms. The van der Waals surface area contributed by atoms with Gasteiger partial charge in [-0.25, -0.2) is 0 Å². The third-order valence-electron chi connectivity index (χ3n) is 2.57. The summed E-state index contributed by atoms with van der Waals surface area (Å²) in [4.78, 5) is 1.18. The van der Waals surface area contributed by atoms with Gasteiger partial charge in [-0.05, 0) is 25.1 Å². The van der Waals surface area contributed by atoms with Gasteiger partial charge in [0.2, 0.25) is 0 Å². The van der Waals surface area contributed by atoms with E-state index in [0.29, 0.717) is 5.69 Å². The Morgan fingerprint density at radius 3 is 2.72 bits per heavy atom. The average Bonchev–Trinajstić information content (AvgIpc) is 2.75. The maximum atomic E-state index is 5.93. The van der Waals surface area contributed by atoms with Crippen LogP contribution in [0.25, 0.3) is 0 Å². The molecular formula is C13H15ClN2OS. The lowest BCUT2D eigenvalue weighted by Gasteiger charge is -2.15. The van der Waals surface area contributed by atoms with Crippen LogP contribution in [0, 0.1) is 0 Å². The largest absolute Gasteiger partial charge is 0.497 e. The fraction of sp³-hybridized carbons (Fsp3) is 0.231. The van der Waals surface area contributed by atoms with E-state index >= 15 is 0 Å². The zero-order chi connectivity index (χ0) is 13.1. The van der Waals surface area contributed by atoms with Gasteiger partial charge in [-0.1, -0.05) is 11.6 Å². The maximum Gasteiger partial charge on any atom is 0.122 e. The number of ether oxygens (including phenoxy) is 1. The van der Waals surface area contributed by atoms with Crippen LogP contribution in [0.2, 0.25) is 4.34 Å². The second kappa shape index (κ2) is 5.50. The van der Waals surface area contributed by atoms with Crippen LogP contribution in [-0.4, -0.2) is 7.11 Å². The van der Waals surface area contributed by atoms with E-state index in [1.54, 1.807) is 24.5 Å². The molecule has 1 atom stereocenters. The molecule has 0 aliphatic heterocycles. The van der Waals surface area contributed by atoms with Gasteiger partial charge in [-0.2, -0.15) is 0 Å². The lowest BCUT2D eigenvalue weighted by Crippen LogP contribution is -2.05. The molecule has 3 nitrogen and oxygen atoms in total. The van der Waals surface area contributed by atoms with Gasteiger partial charge in [0.1, 0.15) is 5.75 Å². The van der Waals surface area contributed by atoms with Gasteiger partial charge in [-0.15, -0.1) is 11.3 Å². The molecule has 0 bridgehead atoms. The number of halogens is 1. The monoisotopic (exact) mass is 282 g/mol. The second-order valence-electron chi connectivity index (χ2n) is 4.00. The topological polar surface area (TPSA) is 47.3 Å². The number of methoxy groups -OCH3 is 1. The van der Waals surface area contributed by atoms with E-state index in [0.717, 1.165) is 15.8 Å². The number of thiophene rings is 1. The quantitative estimate of drug-likeness (QED) is 0.828. The van der Waals surface area contributed by atoms with E-state index in [-0.39, 0.29) is 6.04 Å². The predicted molar refractivity (Wildman–Crippen MR) is 78.8 cm³/mol. The zero-order valence-electron chi connectivity index (χ0n) is 10.2. The number of nitrogens with one attached hydrogen (secondary N) is 1. The van der Waals surface area contributed by atoms with E-state index in [2.05, 4.69) is 12.2 Å². The highest BCUT2D eigenvalue weighted by atomic mass is 35.5. The Labute approximate surface area is 116 Å². The van der Waals surface area contributed by atoms with Gasteiger partial charge < -0.3 is 15.8 Å². The molecule has 0 aliphatic rings. The van der Waals surface area contributed by atoms with E-state index in [1.807, 2.05) is 24.3 Å². The van der Waals surface area contributed by atoms with Crippen LogP contribution in [0.1, 0.15) is 17.8 Å². The molecule has 2 aromatic rings. The Hall–Kier alpha value is -1.39. The van der Waals surface area contributed by atoms with Crippen molar-refractivity contribution in [2.24, 2.45) is 0 Å². The summed E-state index contributed by atoms with van der Waals surface area (Å²) in [6.45, 7) is 2.08. The van der Waals surface area contributed by atoms with E-state index in [9.17, 15) is 0 Å². The number of hydrogen-bond donors (Lipinski definition) is 2. The van der Waals surface area contributed by atoms with E-state index < -0.39 is 0 Å². The van der Waals surface area contributed by atoms with Crippen molar-refractivity contribution in [1.82, 2.24) is 0 Å². The smallest absolute Gasteiger partial charge is 0.122 e. The van der Waals surface area contributed by atoms with Gasteiger partial charge in [0, 0.05) is 28.4 Å². The van der Waals surface area contributed by atoms with Crippen LogP contribution in [0.3, 0.4) is 0 Å². The van der Waals surface area contributed by atoms with E-state index in [1.165, 1.54) is 4.88 Å². The summed E-state index contributed by atoms with van der Waals surface area (Å²) >= 11 is 7.50. The standard InChI is InChI=1S/C13H15ClN2OS/c1-8(12-3-4-13(14)18-12)16-10-5-9(15)6-11(7-10)17-2/h3-8,16H,15H2,1-2H3. The van der Waals surface area contributed by atoms with Crippen LogP contribution in [-0.2, 0) is 0 Å². The Balaban J connectivity index is 2.16. The van der Waals surface area contributed by atoms with Crippen molar-refractivity contribution in [2.75, 3.05) is 18.2 Å². The van der Waals surface area contributed by atoms with E-state index in [4.69, 9.17) is 22.1 Å². The Kier molecular flexibility index (Phi) is 3.99. The zero-order valence-corrected chi connectivity index (χ0v) is 11.8. The number of nitrogen functional groups attached to an aromatic ring is 1. The summed E-state index contributed by atoms with van der Waals surface area (Å²) in [6.07, 6.45) is 0. The number of nitrogens with two attached hydrogens (primary N) is 1. The fourth-order valence-electron chi connectivity index (χ4n) is 1.71. The van der Waals surface area contributed by atoms with Gasteiger partial charge in [0.15, 0.2) is 0 Å². The highest BCUT2D eigenvalue weighted by Crippen LogP contribution is 2.30. The number of rotatable bonds is 4. The van der Waals surface area contributed by atoms with Crippen molar-refractivity contribution in [1.29, 1.82) is 0 Å². The van der Waals surface area contributed by atoms with Gasteiger partial charge in [0.05, 0.1) is 17.5 Å². The first-order valence-electron chi connectivity index (χ1n) is 5.55. The van der Waals surface area contributed by atoms with Crippen LogP contribution >= 0.6 is 22.9 Å². The molecular weight excluding hydrogens is 268 g/mol. The summed E-state index contributed by atoms with van der Waals surface area (Å²) in [6, 6.07) is 9.69. The summed E-state index contributed by atoms with van der Waals surface area (Å²) < 4.78 is 5.98. The summed E-state index contributed by atoms with van der Waals surface area (Å²) in [5.74, 6) is 0.744. The highest BCUT2D eigenvalue weighted by Gasteiger charge is 2.09. The molecule has 0 spiro atoms. The van der Waals surface area contributed by atoms with Gasteiger partial charge in [-0.3, -0.25) is 0 Å². The molecule has 0 saturated carbocycles. The molecule has 0 saturated heterocycles. The third-order valence-corrected chi connectivity index (χ3v) is 3.98. The molecule has 96 valence electrons. The molecule has 0 radical (unpaired) electrons. The minimum absolute atomic E-state index is 0.175. The molecule has 2 rings (SSSR count). The van der Waals surface area contributed by atoms with Crippen LogP contribution < -0.4 is 15.8 Å². The van der Waals surface area contributed by atoms with Crippen LogP contribution in [0.15, 0.2) is 30.3 Å². The summed E-state index contributed by atoms with van der Waals surface area (Å²) in [5.41, 5.74) is 7.42. The predicted octanol–water partition coefficient (Wildman–Crippen LogP) is 4.17. The third kappa shape index (κ3) is 3.09. The number of benzene rings is 1. The first kappa shape index (κ1) is 13.1. The molecule has 1 aromatic carbocycles. The first-order chi connectivity index (χ1) is 8.58. The molecule has 0 aliphatic carbocycles. The fourth-order valence-corrected chi connectivity index (χ4v) is 2.77. The summed E-state index contributed by atoms with van der Waals surface area (Å²) in [7, 11) is 1.63. The van der Waals surface area contributed by atoms with Crippen LogP contribution in [0.5, 0.6) is 5.75 Å². The minimum atomic E-state index is 0.175. The molecule has 3 N–H and O–H groups in total. The molecule has 18 heavy (non-hydrogen) atoms. The molecule has 0 fully saturated rings. The van der Waals surface area contributed by atoms with Crippen molar-refractivity contribution in [3.05, 3.63) is 39.5 Å². The van der Waals surface area contributed by atoms with Crippen molar-refractivity contribution in [3.63, 3.8) is 0 Å². The van der Waals surface area contributed by atoms with Crippen LogP contribution in [0.4, 0.5) is 11.4 Å². The van der Waals surface area contributed by atoms with Crippen molar-refractivity contribution in [3.8, 4) is 5.75 Å². The normalized spacial score (nSPS) is 12.2. The molecule has 1 aromatic heterocycles. The average molecular weight is 283 g/mol. The second-order valence-corrected chi connectivity index (χ2v) is 5.75. The number of anilines is 2. The van der Waals surface area contributed by atoms with Gasteiger partial charge >= 0.3 is 0 Å². The Morgan fingerprint density at radius 1 is 1.33 bits per heavy atom. The van der Waals surface area contributed by atoms with Gasteiger partial charge in [0.25, 0.3) is 0 Å². The van der Waals surface area contributed by atoms with Crippen molar-refractivity contribution >= 4 is 34.3 Å². The lowest BCUT2D eigenvalue weighted by molar-refractivity contribution is 0.415. The highest BCUT2D eigenvalue weighted by molar-refractivity contribution is 7.16. The Morgan fingerprint density at radius 2 is 2.11 bits per heavy atom. The Bertz CT molecular complexity index is 542. The summed E-state index contributed by atoms with van der Waals surface area (Å²) in [5, 5.41) is 3.38. The number of hydrogen-bond acceptors (Lipinski definition) is 4. The molecule has 1 heterocycles. The van der Waals surface area contributed by atoms with Crippen molar-refractivity contribution < 1.29 is 4.74 Å². The molecule has 0 amide bonds. The first-order valence-corrected chi connectivity index (χ1v) is 6.74. The lowest BCUT2D eigenvalue weighted by atomic mass is 10.2. The maximum absolute atomic E-state index is 5.93. The molecule has 1 unspecified atom stereocenters. The van der Waals surface area contributed by atoms with Crippen molar-refractivity contribution in [2.45, 2.75) is 13.0 Å².